The smallest absolute Gasteiger partial charge is 0.209 e. The minimum atomic E-state index is -0.888. The molecule has 0 unspecified atom stereocenters. The summed E-state index contributed by atoms with van der Waals surface area (Å²) in [6.45, 7) is 0.435. The monoisotopic (exact) mass is 485 g/mol. The third-order valence-corrected chi connectivity index (χ3v) is 7.02. The molecule has 0 spiro atoms. The summed E-state index contributed by atoms with van der Waals surface area (Å²) in [4.78, 5) is 13.8. The van der Waals surface area contributed by atoms with Gasteiger partial charge in [-0.3, -0.25) is 0 Å². The Kier molecular flexibility index (Phi) is 5.55. The van der Waals surface area contributed by atoms with Gasteiger partial charge in [-0.05, 0) is 60.4 Å². The number of benzene rings is 2. The van der Waals surface area contributed by atoms with Gasteiger partial charge in [0.1, 0.15) is 6.10 Å². The number of anilines is 1. The van der Waals surface area contributed by atoms with Crippen LogP contribution >= 0.6 is 0 Å². The minimum absolute atomic E-state index is 0.102. The second-order valence-electron chi connectivity index (χ2n) is 9.33. The molecule has 4 aromatic rings. The van der Waals surface area contributed by atoms with E-state index in [4.69, 9.17) is 0 Å². The van der Waals surface area contributed by atoms with E-state index in [1.54, 1.807) is 12.4 Å². The predicted octanol–water partition coefficient (Wildman–Crippen LogP) is 2.64. The molecule has 182 valence electrons. The lowest BCUT2D eigenvalue weighted by Gasteiger charge is -2.22. The summed E-state index contributed by atoms with van der Waals surface area (Å²) < 4.78 is 15.5. The fourth-order valence-corrected chi connectivity index (χ4v) is 5.10. The van der Waals surface area contributed by atoms with E-state index in [-0.39, 0.29) is 23.6 Å². The average molecular weight is 486 g/mol. The largest absolute Gasteiger partial charge is 0.505 e. The highest BCUT2D eigenvalue weighted by Crippen LogP contribution is 2.57. The number of fused-ring (bicyclic) bond motifs is 2. The van der Waals surface area contributed by atoms with Crippen molar-refractivity contribution >= 4 is 17.0 Å². The first-order valence-corrected chi connectivity index (χ1v) is 11.9. The van der Waals surface area contributed by atoms with Crippen LogP contribution in [0.5, 0.6) is 5.75 Å². The van der Waals surface area contributed by atoms with Crippen molar-refractivity contribution in [1.29, 1.82) is 0 Å². The van der Waals surface area contributed by atoms with E-state index in [0.717, 1.165) is 17.5 Å². The maximum atomic E-state index is 13.7. The number of hydrogen-bond donors (Lipinski definition) is 4. The van der Waals surface area contributed by atoms with Crippen molar-refractivity contribution in [3.63, 3.8) is 0 Å². The highest BCUT2D eigenvalue weighted by Gasteiger charge is 2.60. The zero-order valence-electron chi connectivity index (χ0n) is 19.2. The van der Waals surface area contributed by atoms with Crippen LogP contribution in [0.4, 0.5) is 10.2 Å². The minimum Gasteiger partial charge on any atom is -0.505 e. The van der Waals surface area contributed by atoms with E-state index in [0.29, 0.717) is 35.8 Å². The highest BCUT2D eigenvalue weighted by molar-refractivity contribution is 5.83. The molecule has 0 saturated heterocycles. The van der Waals surface area contributed by atoms with E-state index in [1.807, 2.05) is 34.9 Å². The van der Waals surface area contributed by atoms with Gasteiger partial charge in [-0.15, -0.1) is 0 Å². The first-order chi connectivity index (χ1) is 17.5. The van der Waals surface area contributed by atoms with Crippen LogP contribution in [0.25, 0.3) is 11.2 Å². The van der Waals surface area contributed by atoms with Crippen LogP contribution in [-0.2, 0) is 6.42 Å². The zero-order chi connectivity index (χ0) is 24.8. The van der Waals surface area contributed by atoms with Gasteiger partial charge in [0.2, 0.25) is 5.82 Å². The second-order valence-corrected chi connectivity index (χ2v) is 9.33. The van der Waals surface area contributed by atoms with Crippen LogP contribution in [0, 0.1) is 29.5 Å². The first-order valence-electron chi connectivity index (χ1n) is 11.9. The van der Waals surface area contributed by atoms with Crippen LogP contribution in [0.1, 0.15) is 29.4 Å². The normalized spacial score (nSPS) is 24.2. The number of nitrogens with zero attached hydrogens (tertiary/aromatic N) is 4. The fourth-order valence-electron chi connectivity index (χ4n) is 5.10. The van der Waals surface area contributed by atoms with E-state index in [9.17, 15) is 19.7 Å². The van der Waals surface area contributed by atoms with Gasteiger partial charge in [-0.25, -0.2) is 19.3 Å². The number of rotatable bonds is 5. The summed E-state index contributed by atoms with van der Waals surface area (Å²) in [6.07, 6.45) is 1.35. The van der Waals surface area contributed by atoms with Gasteiger partial charge in [-0.2, -0.15) is 0 Å². The van der Waals surface area contributed by atoms with Crippen molar-refractivity contribution in [3.8, 4) is 17.6 Å². The van der Waals surface area contributed by atoms with Crippen molar-refractivity contribution in [1.82, 2.24) is 19.5 Å². The SMILES string of the molecule is Oc1ccc(CCNc2nc(C#Cc3ccccc3)nc3c2ncn3[C@H]2[C@H](O)[C@H](O)[C@@H]3C[C@@H]32)cc1F. The number of aliphatic hydroxyl groups excluding tert-OH is 2. The number of aliphatic hydroxyl groups is 2. The molecule has 8 nitrogen and oxygen atoms in total. The summed E-state index contributed by atoms with van der Waals surface area (Å²) >= 11 is 0. The van der Waals surface area contributed by atoms with Gasteiger partial charge in [-0.1, -0.05) is 30.2 Å². The number of nitrogens with one attached hydrogen (secondary N) is 1. The van der Waals surface area contributed by atoms with Crippen LogP contribution in [0.3, 0.4) is 0 Å². The maximum absolute atomic E-state index is 13.7. The Hall–Kier alpha value is -4.00. The standard InChI is InChI=1S/C27H24FN5O3/c28-19-12-16(6-8-20(19)34)10-11-29-26-22-27(32-21(31-26)9-7-15-4-2-1-3-5-15)33(14-30-22)23-17-13-18(17)24(35)25(23)36/h1-6,8,12,14,17-18,23-25,34-36H,10-11,13H2,(H,29,31,32)/t17-,18+,23+,24+,25-/m0/s1. The summed E-state index contributed by atoms with van der Waals surface area (Å²) in [5.74, 6) is 6.12. The summed E-state index contributed by atoms with van der Waals surface area (Å²) in [6, 6.07) is 13.5. The van der Waals surface area contributed by atoms with Crippen LogP contribution in [0.2, 0.25) is 0 Å². The van der Waals surface area contributed by atoms with Crippen molar-refractivity contribution < 1.29 is 19.7 Å². The number of halogens is 1. The topological polar surface area (TPSA) is 116 Å². The Balaban J connectivity index is 1.34. The molecule has 9 heteroatoms. The molecule has 4 N–H and O–H groups in total. The van der Waals surface area contributed by atoms with Gasteiger partial charge >= 0.3 is 0 Å². The number of phenols is 1. The fraction of sp³-hybridized carbons (Fsp3) is 0.296. The van der Waals surface area contributed by atoms with Crippen LogP contribution in [0.15, 0.2) is 54.9 Å². The molecule has 0 radical (unpaired) electrons. The van der Waals surface area contributed by atoms with E-state index < -0.39 is 18.0 Å². The zero-order valence-corrected chi connectivity index (χ0v) is 19.2. The highest BCUT2D eigenvalue weighted by atomic mass is 19.1. The van der Waals surface area contributed by atoms with E-state index in [1.165, 1.54) is 12.1 Å². The van der Waals surface area contributed by atoms with Crippen LogP contribution in [-0.4, -0.2) is 53.6 Å². The molecule has 2 aromatic heterocycles. The van der Waals surface area contributed by atoms with Gasteiger partial charge < -0.3 is 25.2 Å². The Morgan fingerprint density at radius 1 is 1.03 bits per heavy atom. The number of hydrogen-bond acceptors (Lipinski definition) is 7. The number of aromatic nitrogens is 4. The Labute approximate surface area is 206 Å². The molecule has 2 aliphatic rings. The molecule has 2 aromatic carbocycles. The summed E-state index contributed by atoms with van der Waals surface area (Å²) in [5.41, 5.74) is 2.61. The number of aromatic hydroxyl groups is 1. The number of phenolic OH excluding ortho intramolecular Hbond substituents is 1. The lowest BCUT2D eigenvalue weighted by Crippen LogP contribution is -2.31. The molecule has 2 fully saturated rings. The Morgan fingerprint density at radius 3 is 2.61 bits per heavy atom. The lowest BCUT2D eigenvalue weighted by molar-refractivity contribution is 0.00386. The molecule has 0 aliphatic heterocycles. The second kappa shape index (κ2) is 8.90. The first kappa shape index (κ1) is 22.5. The molecule has 0 bridgehead atoms. The Bertz CT molecular complexity index is 1500. The van der Waals surface area contributed by atoms with Gasteiger partial charge in [0.05, 0.1) is 18.5 Å². The van der Waals surface area contributed by atoms with Gasteiger partial charge in [0, 0.05) is 12.1 Å². The predicted molar refractivity (Wildman–Crippen MR) is 131 cm³/mol. The third kappa shape index (κ3) is 4.04. The molecule has 0 amide bonds. The van der Waals surface area contributed by atoms with E-state index in [2.05, 4.69) is 32.1 Å². The van der Waals surface area contributed by atoms with Crippen molar-refractivity contribution in [2.75, 3.05) is 11.9 Å². The molecule has 5 atom stereocenters. The van der Waals surface area contributed by atoms with Crippen LogP contribution < -0.4 is 5.32 Å². The van der Waals surface area contributed by atoms with Gasteiger partial charge in [0.25, 0.3) is 0 Å². The molecule has 2 aliphatic carbocycles. The lowest BCUT2D eigenvalue weighted by atomic mass is 10.1. The number of imidazole rings is 1. The summed E-state index contributed by atoms with van der Waals surface area (Å²) in [5, 5.41) is 33.7. The van der Waals surface area contributed by atoms with Crippen molar-refractivity contribution in [2.24, 2.45) is 11.8 Å². The maximum Gasteiger partial charge on any atom is 0.209 e. The van der Waals surface area contributed by atoms with Gasteiger partial charge in [0.15, 0.2) is 28.5 Å². The molecule has 2 heterocycles. The van der Waals surface area contributed by atoms with Crippen molar-refractivity contribution in [3.05, 3.63) is 77.6 Å². The van der Waals surface area contributed by atoms with Crippen molar-refractivity contribution in [2.45, 2.75) is 31.1 Å². The quantitative estimate of drug-likeness (QED) is 0.321. The molecule has 36 heavy (non-hydrogen) atoms. The van der Waals surface area contributed by atoms with E-state index >= 15 is 0 Å². The average Bonchev–Trinajstić information content (AvgIpc) is 3.49. The molecular weight excluding hydrogens is 461 g/mol. The summed E-state index contributed by atoms with van der Waals surface area (Å²) in [7, 11) is 0. The third-order valence-electron chi connectivity index (χ3n) is 7.02. The molecule has 2 saturated carbocycles. The Morgan fingerprint density at radius 2 is 1.86 bits per heavy atom. The molecule has 6 rings (SSSR count). The molecular formula is C27H24FN5O3.